The van der Waals surface area contributed by atoms with Crippen LogP contribution in [0.3, 0.4) is 0 Å². The third kappa shape index (κ3) is 30.3. The van der Waals surface area contributed by atoms with Crippen molar-refractivity contribution in [3.05, 3.63) is 0 Å². The van der Waals surface area contributed by atoms with Crippen LogP contribution in [0.25, 0.3) is 0 Å². The van der Waals surface area contributed by atoms with Gasteiger partial charge in [0.2, 0.25) is 0 Å². The fourth-order valence-corrected chi connectivity index (χ4v) is 3.69. The maximum atomic E-state index is 10.4. The number of unbranched alkanes of at least 4 members (excludes halogenated alkanes) is 11. The van der Waals surface area contributed by atoms with Gasteiger partial charge >= 0.3 is 7.82 Å². The number of rotatable bonds is 21. The third-order valence-electron chi connectivity index (χ3n) is 5.44. The molecule has 5 nitrogen and oxygen atoms in total. The van der Waals surface area contributed by atoms with Gasteiger partial charge in [0.05, 0.1) is 6.61 Å². The van der Waals surface area contributed by atoms with Crippen molar-refractivity contribution in [2.75, 3.05) is 19.7 Å². The van der Waals surface area contributed by atoms with Crippen LogP contribution >= 0.6 is 7.82 Å². The first-order valence-electron chi connectivity index (χ1n) is 12.8. The van der Waals surface area contributed by atoms with Gasteiger partial charge in [0.15, 0.2) is 0 Å². The van der Waals surface area contributed by atoms with Crippen LogP contribution in [-0.2, 0) is 9.09 Å². The summed E-state index contributed by atoms with van der Waals surface area (Å²) in [4.78, 5) is 17.0. The minimum Gasteiger partial charge on any atom is -0.317 e. The number of hydrogen-bond donors (Lipinski definition) is 3. The summed E-state index contributed by atoms with van der Waals surface area (Å²) < 4.78 is 14.8. The summed E-state index contributed by atoms with van der Waals surface area (Å²) in [6.45, 7) is 11.3. The SMILES string of the molecule is CCCCC(CC)COP(=O)(O)O.CCCCCCCCNCCCCCCCC. The van der Waals surface area contributed by atoms with Crippen molar-refractivity contribution in [2.24, 2.45) is 5.92 Å². The molecule has 0 amide bonds. The zero-order chi connectivity index (χ0) is 22.9. The van der Waals surface area contributed by atoms with Crippen LogP contribution in [0.2, 0.25) is 0 Å². The van der Waals surface area contributed by atoms with Crippen molar-refractivity contribution in [3.8, 4) is 0 Å². The average molecular weight is 452 g/mol. The summed E-state index contributed by atoms with van der Waals surface area (Å²) in [7, 11) is -4.26. The minimum atomic E-state index is -4.26. The molecule has 0 spiro atoms. The third-order valence-corrected chi connectivity index (χ3v) is 5.92. The van der Waals surface area contributed by atoms with Crippen molar-refractivity contribution >= 4 is 7.82 Å². The minimum absolute atomic E-state index is 0.167. The predicted molar refractivity (Wildman–Crippen MR) is 131 cm³/mol. The zero-order valence-corrected chi connectivity index (χ0v) is 21.6. The standard InChI is InChI=1S/C16H35N.C8H19O4P/c1-3-5-7-9-11-13-15-17-16-14-12-10-8-6-4-2;1-3-5-6-8(4-2)7-12-13(9,10)11/h17H,3-16H2,1-2H3;8H,3-7H2,1-2H3,(H2,9,10,11). The molecule has 30 heavy (non-hydrogen) atoms. The molecular weight excluding hydrogens is 397 g/mol. The largest absolute Gasteiger partial charge is 0.469 e. The van der Waals surface area contributed by atoms with Crippen LogP contribution in [0.1, 0.15) is 130 Å². The molecule has 6 heteroatoms. The smallest absolute Gasteiger partial charge is 0.317 e. The maximum absolute atomic E-state index is 10.4. The van der Waals surface area contributed by atoms with E-state index in [2.05, 4.69) is 30.6 Å². The van der Waals surface area contributed by atoms with E-state index in [1.54, 1.807) is 0 Å². The van der Waals surface area contributed by atoms with E-state index in [0.29, 0.717) is 0 Å². The summed E-state index contributed by atoms with van der Waals surface area (Å²) in [6.07, 6.45) is 21.0. The Morgan fingerprint density at radius 1 is 0.700 bits per heavy atom. The quantitative estimate of drug-likeness (QED) is 0.124. The van der Waals surface area contributed by atoms with E-state index in [0.717, 1.165) is 25.7 Å². The molecular formula is C24H54NO4P. The van der Waals surface area contributed by atoms with E-state index >= 15 is 0 Å². The first-order chi connectivity index (χ1) is 14.4. The average Bonchev–Trinajstić information content (AvgIpc) is 2.71. The Labute approximate surface area is 188 Å². The molecule has 0 rings (SSSR count). The lowest BCUT2D eigenvalue weighted by Crippen LogP contribution is -2.16. The van der Waals surface area contributed by atoms with Crippen LogP contribution in [0.5, 0.6) is 0 Å². The molecule has 0 radical (unpaired) electrons. The lowest BCUT2D eigenvalue weighted by Gasteiger charge is -2.14. The molecule has 0 aliphatic rings. The van der Waals surface area contributed by atoms with Gasteiger partial charge in [-0.15, -0.1) is 0 Å². The van der Waals surface area contributed by atoms with Gasteiger partial charge in [-0.05, 0) is 38.3 Å². The summed E-state index contributed by atoms with van der Waals surface area (Å²) in [5, 5.41) is 3.57. The second-order valence-electron chi connectivity index (χ2n) is 8.49. The summed E-state index contributed by atoms with van der Waals surface area (Å²) >= 11 is 0. The molecule has 0 aliphatic carbocycles. The van der Waals surface area contributed by atoms with Gasteiger partial charge in [-0.3, -0.25) is 4.52 Å². The molecule has 1 unspecified atom stereocenters. The van der Waals surface area contributed by atoms with Gasteiger partial charge in [0.1, 0.15) is 0 Å². The molecule has 0 heterocycles. The summed E-state index contributed by atoms with van der Waals surface area (Å²) in [5.41, 5.74) is 0. The molecule has 0 aromatic carbocycles. The highest BCUT2D eigenvalue weighted by molar-refractivity contribution is 7.46. The van der Waals surface area contributed by atoms with Gasteiger partial charge in [-0.2, -0.15) is 0 Å². The van der Waals surface area contributed by atoms with E-state index in [4.69, 9.17) is 9.79 Å². The van der Waals surface area contributed by atoms with E-state index in [1.807, 2.05) is 6.92 Å². The molecule has 184 valence electrons. The Balaban J connectivity index is 0. The first-order valence-corrected chi connectivity index (χ1v) is 14.3. The Bertz CT molecular complexity index is 349. The summed E-state index contributed by atoms with van der Waals surface area (Å²) in [6, 6.07) is 0. The Morgan fingerprint density at radius 2 is 1.13 bits per heavy atom. The highest BCUT2D eigenvalue weighted by Crippen LogP contribution is 2.36. The van der Waals surface area contributed by atoms with E-state index in [-0.39, 0.29) is 12.5 Å². The maximum Gasteiger partial charge on any atom is 0.469 e. The van der Waals surface area contributed by atoms with Crippen molar-refractivity contribution in [3.63, 3.8) is 0 Å². The Morgan fingerprint density at radius 3 is 1.53 bits per heavy atom. The molecule has 0 aromatic rings. The fraction of sp³-hybridized carbons (Fsp3) is 1.00. The summed E-state index contributed by atoms with van der Waals surface area (Å²) in [5.74, 6) is 0.271. The molecule has 3 N–H and O–H groups in total. The van der Waals surface area contributed by atoms with Crippen molar-refractivity contribution < 1.29 is 18.9 Å². The Hall–Kier alpha value is 0.0700. The molecule has 1 atom stereocenters. The molecule has 0 bridgehead atoms. The van der Waals surface area contributed by atoms with Crippen LogP contribution in [0, 0.1) is 5.92 Å². The molecule has 0 fully saturated rings. The fourth-order valence-electron chi connectivity index (χ4n) is 3.29. The molecule has 0 saturated heterocycles. The van der Waals surface area contributed by atoms with Gasteiger partial charge in [0.25, 0.3) is 0 Å². The highest BCUT2D eigenvalue weighted by Gasteiger charge is 2.16. The van der Waals surface area contributed by atoms with Gasteiger partial charge in [0, 0.05) is 0 Å². The van der Waals surface area contributed by atoms with E-state index < -0.39 is 7.82 Å². The van der Waals surface area contributed by atoms with Crippen molar-refractivity contribution in [1.82, 2.24) is 5.32 Å². The van der Waals surface area contributed by atoms with Gasteiger partial charge in [-0.25, -0.2) is 4.57 Å². The van der Waals surface area contributed by atoms with E-state index in [9.17, 15) is 4.57 Å². The second-order valence-corrected chi connectivity index (χ2v) is 9.73. The zero-order valence-electron chi connectivity index (χ0n) is 20.7. The number of nitrogens with one attached hydrogen (secondary N) is 1. The van der Waals surface area contributed by atoms with Crippen LogP contribution in [-0.4, -0.2) is 29.5 Å². The van der Waals surface area contributed by atoms with Gasteiger partial charge in [-0.1, -0.05) is 111 Å². The van der Waals surface area contributed by atoms with Crippen LogP contribution < -0.4 is 5.32 Å². The lowest BCUT2D eigenvalue weighted by atomic mass is 10.0. The topological polar surface area (TPSA) is 78.8 Å². The number of phosphoric acid groups is 1. The second kappa shape index (κ2) is 25.3. The van der Waals surface area contributed by atoms with Gasteiger partial charge < -0.3 is 15.1 Å². The van der Waals surface area contributed by atoms with Crippen LogP contribution in [0.15, 0.2) is 0 Å². The monoisotopic (exact) mass is 451 g/mol. The predicted octanol–water partition coefficient (Wildman–Crippen LogP) is 7.61. The molecule has 0 saturated carbocycles. The first kappa shape index (κ1) is 32.3. The lowest BCUT2D eigenvalue weighted by molar-refractivity contribution is 0.161. The van der Waals surface area contributed by atoms with E-state index in [1.165, 1.54) is 90.1 Å². The Kier molecular flexibility index (Phi) is 27.2. The van der Waals surface area contributed by atoms with Crippen LogP contribution in [0.4, 0.5) is 0 Å². The molecule has 0 aliphatic heterocycles. The van der Waals surface area contributed by atoms with Crippen molar-refractivity contribution in [1.29, 1.82) is 0 Å². The van der Waals surface area contributed by atoms with Crippen molar-refractivity contribution in [2.45, 2.75) is 130 Å². The number of phosphoric ester groups is 1. The highest BCUT2D eigenvalue weighted by atomic mass is 31.2. The number of hydrogen-bond acceptors (Lipinski definition) is 3. The normalized spacial score (nSPS) is 12.5. The molecule has 0 aromatic heterocycles.